The van der Waals surface area contributed by atoms with Crippen LogP contribution in [-0.2, 0) is 6.42 Å². The molecule has 1 aliphatic rings. The molecule has 3 aromatic rings. The van der Waals surface area contributed by atoms with Crippen molar-refractivity contribution in [2.75, 3.05) is 26.7 Å². The first kappa shape index (κ1) is 18.8. The third kappa shape index (κ3) is 4.05. The van der Waals surface area contributed by atoms with Crippen LogP contribution in [0.3, 0.4) is 0 Å². The van der Waals surface area contributed by atoms with Gasteiger partial charge in [-0.05, 0) is 43.0 Å². The molecule has 4 heteroatoms. The number of benzene rings is 2. The average molecular weight is 372 g/mol. The van der Waals surface area contributed by atoms with E-state index < -0.39 is 0 Å². The Bertz CT molecular complexity index is 845. The van der Waals surface area contributed by atoms with Gasteiger partial charge in [0, 0.05) is 30.3 Å². The summed E-state index contributed by atoms with van der Waals surface area (Å²) in [6.45, 7) is 3.35. The van der Waals surface area contributed by atoms with Gasteiger partial charge in [-0.1, -0.05) is 36.4 Å². The normalized spacial score (nSPS) is 17.8. The molecule has 0 amide bonds. The second-order valence-electron chi connectivity index (χ2n) is 6.91. The molecule has 1 aromatic heterocycles. The fraction of sp³-hybridized carbons (Fsp3) is 0.364. The van der Waals surface area contributed by atoms with Gasteiger partial charge in [0.2, 0.25) is 0 Å². The number of rotatable bonds is 5. The molecule has 3 nitrogen and oxygen atoms in total. The molecule has 0 spiro atoms. The zero-order chi connectivity index (χ0) is 17.1. The molecule has 4 rings (SSSR count). The van der Waals surface area contributed by atoms with Crippen molar-refractivity contribution in [3.05, 3.63) is 66.1 Å². The minimum absolute atomic E-state index is 0. The predicted molar refractivity (Wildman–Crippen MR) is 109 cm³/mol. The van der Waals surface area contributed by atoms with E-state index in [0.717, 1.165) is 31.0 Å². The van der Waals surface area contributed by atoms with Crippen molar-refractivity contribution in [3.8, 4) is 5.75 Å². The third-order valence-corrected chi connectivity index (χ3v) is 5.32. The number of hydrogen-bond acceptors (Lipinski definition) is 3. The van der Waals surface area contributed by atoms with Crippen LogP contribution in [0.25, 0.3) is 10.8 Å². The number of fused-ring (bicyclic) bond motifs is 1. The molecule has 1 aliphatic heterocycles. The number of piperidine rings is 1. The predicted octanol–water partition coefficient (Wildman–Crippen LogP) is 5.29. The van der Waals surface area contributed by atoms with E-state index in [1.807, 2.05) is 12.3 Å². The fourth-order valence-corrected chi connectivity index (χ4v) is 3.93. The highest BCUT2D eigenvalue weighted by atomic mass is 35.5. The molecule has 1 fully saturated rings. The van der Waals surface area contributed by atoms with Gasteiger partial charge in [0.15, 0.2) is 0 Å². The molecule has 2 aromatic carbocycles. The van der Waals surface area contributed by atoms with Gasteiger partial charge >= 0.3 is 0 Å². The van der Waals surface area contributed by atoms with E-state index in [4.69, 9.17) is 9.15 Å². The van der Waals surface area contributed by atoms with Crippen LogP contribution in [0.4, 0.5) is 0 Å². The lowest BCUT2D eigenvalue weighted by Crippen LogP contribution is -2.35. The molecule has 2 heterocycles. The van der Waals surface area contributed by atoms with E-state index in [1.54, 1.807) is 7.11 Å². The lowest BCUT2D eigenvalue weighted by molar-refractivity contribution is 0.207. The van der Waals surface area contributed by atoms with Crippen molar-refractivity contribution in [2.24, 2.45) is 0 Å². The molecule has 26 heavy (non-hydrogen) atoms. The van der Waals surface area contributed by atoms with Gasteiger partial charge in [0.05, 0.1) is 13.4 Å². The van der Waals surface area contributed by atoms with Crippen LogP contribution >= 0.6 is 12.4 Å². The molecular weight excluding hydrogens is 346 g/mol. The first-order chi connectivity index (χ1) is 12.3. The topological polar surface area (TPSA) is 25.6 Å². The molecule has 138 valence electrons. The van der Waals surface area contributed by atoms with Crippen molar-refractivity contribution in [1.82, 2.24) is 4.90 Å². The van der Waals surface area contributed by atoms with Crippen LogP contribution in [0.2, 0.25) is 0 Å². The van der Waals surface area contributed by atoms with Gasteiger partial charge < -0.3 is 14.1 Å². The van der Waals surface area contributed by atoms with E-state index >= 15 is 0 Å². The average Bonchev–Trinajstić information content (AvgIpc) is 3.10. The van der Waals surface area contributed by atoms with Gasteiger partial charge in [-0.3, -0.25) is 0 Å². The Morgan fingerprint density at radius 1 is 1.15 bits per heavy atom. The van der Waals surface area contributed by atoms with Crippen LogP contribution in [0, 0.1) is 0 Å². The zero-order valence-electron chi connectivity index (χ0n) is 15.2. The summed E-state index contributed by atoms with van der Waals surface area (Å²) in [4.78, 5) is 2.57. The van der Waals surface area contributed by atoms with E-state index in [0.29, 0.717) is 5.92 Å². The SMILES string of the molecule is COc1cccc(C2CCCN(CCc3occ4ccccc34)C2)c1.Cl. The molecule has 0 radical (unpaired) electrons. The highest BCUT2D eigenvalue weighted by Crippen LogP contribution is 2.29. The minimum atomic E-state index is 0. The molecule has 0 bridgehead atoms. The first-order valence-corrected chi connectivity index (χ1v) is 9.15. The molecule has 1 unspecified atom stereocenters. The van der Waals surface area contributed by atoms with Crippen LogP contribution < -0.4 is 4.74 Å². The second-order valence-corrected chi connectivity index (χ2v) is 6.91. The van der Waals surface area contributed by atoms with Crippen molar-refractivity contribution in [3.63, 3.8) is 0 Å². The Morgan fingerprint density at radius 3 is 2.92 bits per heavy atom. The first-order valence-electron chi connectivity index (χ1n) is 9.15. The fourth-order valence-electron chi connectivity index (χ4n) is 3.93. The summed E-state index contributed by atoms with van der Waals surface area (Å²) >= 11 is 0. The number of halogens is 1. The van der Waals surface area contributed by atoms with E-state index in [-0.39, 0.29) is 12.4 Å². The maximum atomic E-state index is 5.80. The summed E-state index contributed by atoms with van der Waals surface area (Å²) in [6.07, 6.45) is 5.35. The van der Waals surface area contributed by atoms with E-state index in [1.165, 1.54) is 35.7 Å². The van der Waals surface area contributed by atoms with Gasteiger partial charge in [0.25, 0.3) is 0 Å². The highest BCUT2D eigenvalue weighted by molar-refractivity contribution is 5.85. The molecule has 1 atom stereocenters. The third-order valence-electron chi connectivity index (χ3n) is 5.32. The largest absolute Gasteiger partial charge is 0.497 e. The Kier molecular flexibility index (Phi) is 6.23. The molecule has 1 saturated heterocycles. The van der Waals surface area contributed by atoms with Crippen LogP contribution in [0.15, 0.2) is 59.2 Å². The lowest BCUT2D eigenvalue weighted by Gasteiger charge is -2.33. The molecule has 0 saturated carbocycles. The van der Waals surface area contributed by atoms with Crippen LogP contribution in [0.1, 0.15) is 30.1 Å². The minimum Gasteiger partial charge on any atom is -0.497 e. The van der Waals surface area contributed by atoms with E-state index in [2.05, 4.69) is 47.4 Å². The van der Waals surface area contributed by atoms with Gasteiger partial charge in [0.1, 0.15) is 11.5 Å². The number of hydrogen-bond donors (Lipinski definition) is 0. The monoisotopic (exact) mass is 371 g/mol. The van der Waals surface area contributed by atoms with Gasteiger partial charge in [-0.2, -0.15) is 0 Å². The summed E-state index contributed by atoms with van der Waals surface area (Å²) in [6, 6.07) is 17.0. The number of likely N-dealkylation sites (tertiary alicyclic amines) is 1. The maximum absolute atomic E-state index is 5.80. The van der Waals surface area contributed by atoms with Gasteiger partial charge in [-0.25, -0.2) is 0 Å². The quantitative estimate of drug-likeness (QED) is 0.609. The maximum Gasteiger partial charge on any atom is 0.119 e. The Hall–Kier alpha value is -1.97. The van der Waals surface area contributed by atoms with E-state index in [9.17, 15) is 0 Å². The summed E-state index contributed by atoms with van der Waals surface area (Å²) in [7, 11) is 1.74. The molecular formula is C22H26ClNO2. The van der Waals surface area contributed by atoms with Gasteiger partial charge in [-0.15, -0.1) is 12.4 Å². The Balaban J connectivity index is 0.00000196. The smallest absolute Gasteiger partial charge is 0.119 e. The van der Waals surface area contributed by atoms with Crippen molar-refractivity contribution >= 4 is 23.2 Å². The number of nitrogens with zero attached hydrogens (tertiary/aromatic N) is 1. The highest BCUT2D eigenvalue weighted by Gasteiger charge is 2.22. The standard InChI is InChI=1S/C22H25NO2.ClH/c1-24-20-9-4-7-17(14-20)18-8-5-12-23(15-18)13-11-22-21-10-3-2-6-19(21)16-25-22;/h2-4,6-7,9-10,14,16,18H,5,8,11-13,15H2,1H3;1H. The van der Waals surface area contributed by atoms with Crippen LogP contribution in [-0.4, -0.2) is 31.6 Å². The Morgan fingerprint density at radius 2 is 2.04 bits per heavy atom. The number of methoxy groups -OCH3 is 1. The summed E-state index contributed by atoms with van der Waals surface area (Å²) in [5.74, 6) is 2.66. The lowest BCUT2D eigenvalue weighted by atomic mass is 9.90. The second kappa shape index (κ2) is 8.61. The Labute approximate surface area is 161 Å². The molecule has 0 N–H and O–H groups in total. The summed E-state index contributed by atoms with van der Waals surface area (Å²) in [5, 5.41) is 2.45. The van der Waals surface area contributed by atoms with Crippen molar-refractivity contribution in [1.29, 1.82) is 0 Å². The zero-order valence-corrected chi connectivity index (χ0v) is 16.0. The number of furan rings is 1. The number of ether oxygens (including phenoxy) is 1. The van der Waals surface area contributed by atoms with Crippen LogP contribution in [0.5, 0.6) is 5.75 Å². The summed E-state index contributed by atoms with van der Waals surface area (Å²) in [5.41, 5.74) is 1.40. The molecule has 0 aliphatic carbocycles. The summed E-state index contributed by atoms with van der Waals surface area (Å²) < 4.78 is 11.2. The van der Waals surface area contributed by atoms with Crippen molar-refractivity contribution in [2.45, 2.75) is 25.2 Å². The van der Waals surface area contributed by atoms with Crippen molar-refractivity contribution < 1.29 is 9.15 Å².